The van der Waals surface area contributed by atoms with E-state index in [1.54, 1.807) is 11.6 Å². The first-order valence-corrected chi connectivity index (χ1v) is 5.89. The Kier molecular flexibility index (Phi) is 3.50. The number of fused-ring (bicyclic) bond motifs is 1. The zero-order valence-corrected chi connectivity index (χ0v) is 10.6. The molecule has 7 nitrogen and oxygen atoms in total. The van der Waals surface area contributed by atoms with E-state index in [9.17, 15) is 4.79 Å². The van der Waals surface area contributed by atoms with Crippen LogP contribution in [0.2, 0.25) is 0 Å². The van der Waals surface area contributed by atoms with E-state index in [0.29, 0.717) is 30.6 Å². The van der Waals surface area contributed by atoms with Crippen LogP contribution in [0.5, 0.6) is 0 Å². The highest BCUT2D eigenvalue weighted by atomic mass is 16.5. The molecule has 1 aliphatic rings. The molecule has 0 bridgehead atoms. The monoisotopic (exact) mass is 252 g/mol. The summed E-state index contributed by atoms with van der Waals surface area (Å²) < 4.78 is 12.1. The molecule has 2 heterocycles. The molecule has 98 valence electrons. The quantitative estimate of drug-likeness (QED) is 0.808. The van der Waals surface area contributed by atoms with Crippen molar-refractivity contribution in [2.75, 3.05) is 18.5 Å². The van der Waals surface area contributed by atoms with E-state index in [-0.39, 0.29) is 6.04 Å². The minimum Gasteiger partial charge on any atom is -0.479 e. The lowest BCUT2D eigenvalue weighted by Gasteiger charge is -2.25. The van der Waals surface area contributed by atoms with Crippen molar-refractivity contribution in [3.05, 3.63) is 17.8 Å². The van der Waals surface area contributed by atoms with Crippen molar-refractivity contribution < 1.29 is 14.3 Å². The second kappa shape index (κ2) is 5.07. The Bertz CT molecular complexity index is 480. The largest absolute Gasteiger partial charge is 0.479 e. The first-order chi connectivity index (χ1) is 8.69. The summed E-state index contributed by atoms with van der Waals surface area (Å²) in [5, 5.41) is 7.01. The lowest BCUT2D eigenvalue weighted by Crippen LogP contribution is -2.29. The predicted molar refractivity (Wildman–Crippen MR) is 63.6 cm³/mol. The Morgan fingerprint density at radius 1 is 1.50 bits per heavy atom. The minimum atomic E-state index is -0.401. The summed E-state index contributed by atoms with van der Waals surface area (Å²) in [6.07, 6.45) is 1.43. The zero-order valence-electron chi connectivity index (χ0n) is 10.6. The van der Waals surface area contributed by atoms with E-state index in [1.807, 2.05) is 13.8 Å². The number of hydrogen-bond acceptors (Lipinski definition) is 6. The van der Waals surface area contributed by atoms with Gasteiger partial charge in [0.25, 0.3) is 0 Å². The normalized spacial score (nSPS) is 18.1. The number of carbonyl (C=O) groups is 1. The Hall–Kier alpha value is -2.05. The number of nitrogens with one attached hydrogen (secondary N) is 1. The fraction of sp³-hybridized carbons (Fsp3) is 0.545. The lowest BCUT2D eigenvalue weighted by atomic mass is 10.1. The topological polar surface area (TPSA) is 78.3 Å². The first kappa shape index (κ1) is 12.4. The molecule has 0 aromatic carbocycles. The van der Waals surface area contributed by atoms with Crippen LogP contribution in [-0.4, -0.2) is 33.9 Å². The van der Waals surface area contributed by atoms with Gasteiger partial charge in [0.2, 0.25) is 11.8 Å². The smallest absolute Gasteiger partial charge is 0.341 e. The van der Waals surface area contributed by atoms with Gasteiger partial charge >= 0.3 is 5.97 Å². The van der Waals surface area contributed by atoms with Crippen LogP contribution in [0.25, 0.3) is 0 Å². The van der Waals surface area contributed by atoms with Gasteiger partial charge in [0, 0.05) is 0 Å². The van der Waals surface area contributed by atoms with Crippen molar-refractivity contribution in [3.63, 3.8) is 0 Å². The minimum absolute atomic E-state index is 0.274. The molecule has 1 aliphatic heterocycles. The van der Waals surface area contributed by atoms with Crippen molar-refractivity contribution in [3.8, 4) is 0 Å². The molecule has 0 saturated heterocycles. The van der Waals surface area contributed by atoms with E-state index in [2.05, 4.69) is 15.4 Å². The Morgan fingerprint density at radius 2 is 2.28 bits per heavy atom. The molecule has 0 spiro atoms. The van der Waals surface area contributed by atoms with Gasteiger partial charge in [-0.3, -0.25) is 5.32 Å². The fourth-order valence-electron chi connectivity index (χ4n) is 1.83. The van der Waals surface area contributed by atoms with Crippen LogP contribution >= 0.6 is 0 Å². The summed E-state index contributed by atoms with van der Waals surface area (Å²) in [6, 6.07) is -0.274. The van der Waals surface area contributed by atoms with Crippen LogP contribution in [0.4, 0.5) is 5.95 Å². The molecule has 1 atom stereocenters. The van der Waals surface area contributed by atoms with Gasteiger partial charge < -0.3 is 9.47 Å². The average molecular weight is 252 g/mol. The third kappa shape index (κ3) is 2.03. The summed E-state index contributed by atoms with van der Waals surface area (Å²) in [6.45, 7) is 6.23. The molecule has 0 fully saturated rings. The molecule has 7 heteroatoms. The van der Waals surface area contributed by atoms with Crippen LogP contribution in [0.3, 0.4) is 0 Å². The summed E-state index contributed by atoms with van der Waals surface area (Å²) in [5.41, 5.74) is 0.428. The lowest BCUT2D eigenvalue weighted by molar-refractivity contribution is -0.139. The third-order valence-corrected chi connectivity index (χ3v) is 2.61. The summed E-state index contributed by atoms with van der Waals surface area (Å²) in [7, 11) is 0. The molecular formula is C11H16N4O3. The van der Waals surface area contributed by atoms with Crippen LogP contribution < -0.4 is 5.32 Å². The van der Waals surface area contributed by atoms with Gasteiger partial charge in [0.1, 0.15) is 11.9 Å². The van der Waals surface area contributed by atoms with E-state index >= 15 is 0 Å². The maximum atomic E-state index is 12.0. The Balaban J connectivity index is 2.38. The van der Waals surface area contributed by atoms with Gasteiger partial charge in [-0.05, 0) is 20.8 Å². The predicted octanol–water partition coefficient (Wildman–Crippen LogP) is 1.08. The molecule has 0 saturated carbocycles. The first-order valence-electron chi connectivity index (χ1n) is 5.89. The van der Waals surface area contributed by atoms with Crippen LogP contribution in [0, 0.1) is 0 Å². The molecule has 1 unspecified atom stereocenters. The van der Waals surface area contributed by atoms with Crippen molar-refractivity contribution in [2.45, 2.75) is 26.8 Å². The maximum absolute atomic E-state index is 12.0. The number of carbonyl (C=O) groups excluding carboxylic acids is 1. The van der Waals surface area contributed by atoms with Gasteiger partial charge in [0.15, 0.2) is 0 Å². The summed E-state index contributed by atoms with van der Waals surface area (Å²) in [4.78, 5) is 16.0. The van der Waals surface area contributed by atoms with Gasteiger partial charge in [-0.15, -0.1) is 0 Å². The van der Waals surface area contributed by atoms with E-state index in [4.69, 9.17) is 9.47 Å². The Morgan fingerprint density at radius 3 is 2.94 bits per heavy atom. The van der Waals surface area contributed by atoms with E-state index < -0.39 is 5.97 Å². The summed E-state index contributed by atoms with van der Waals surface area (Å²) in [5.74, 6) is 0.546. The van der Waals surface area contributed by atoms with Crippen LogP contribution in [0.1, 0.15) is 26.8 Å². The van der Waals surface area contributed by atoms with Crippen LogP contribution in [-0.2, 0) is 14.3 Å². The van der Waals surface area contributed by atoms with Gasteiger partial charge in [-0.2, -0.15) is 10.1 Å². The number of hydrogen-bond donors (Lipinski definition) is 1. The van der Waals surface area contributed by atoms with Gasteiger partial charge in [0.05, 0.1) is 19.3 Å². The maximum Gasteiger partial charge on any atom is 0.341 e. The molecule has 18 heavy (non-hydrogen) atoms. The van der Waals surface area contributed by atoms with E-state index in [1.165, 1.54) is 6.33 Å². The number of esters is 1. The molecule has 0 radical (unpaired) electrons. The highest BCUT2D eigenvalue weighted by Gasteiger charge is 2.32. The molecule has 0 amide bonds. The number of anilines is 1. The van der Waals surface area contributed by atoms with Crippen molar-refractivity contribution in [1.29, 1.82) is 0 Å². The van der Waals surface area contributed by atoms with E-state index in [0.717, 1.165) is 0 Å². The van der Waals surface area contributed by atoms with Gasteiger partial charge in [-0.1, -0.05) is 0 Å². The standard InChI is InChI=1S/C11H16N4O3/c1-4-17-9-8(10(16)18-5-2)7(3)15-11(14-9)12-6-13-15/h6-7H,4-5H2,1-3H3,(H,12,13,14). The zero-order chi connectivity index (χ0) is 13.1. The molecular weight excluding hydrogens is 236 g/mol. The second-order valence-corrected chi connectivity index (χ2v) is 3.73. The molecule has 1 aromatic rings. The van der Waals surface area contributed by atoms with Crippen molar-refractivity contribution in [2.24, 2.45) is 0 Å². The Labute approximate surface area is 105 Å². The third-order valence-electron chi connectivity index (χ3n) is 2.61. The molecule has 0 aliphatic carbocycles. The number of rotatable bonds is 4. The number of aromatic nitrogens is 3. The average Bonchev–Trinajstić information content (AvgIpc) is 2.78. The number of ether oxygens (including phenoxy) is 2. The molecule has 1 N–H and O–H groups in total. The van der Waals surface area contributed by atoms with Crippen molar-refractivity contribution in [1.82, 2.24) is 14.8 Å². The highest BCUT2D eigenvalue weighted by Crippen LogP contribution is 2.29. The SMILES string of the molecule is CCOC(=O)C1=C(OCC)Nc2ncnn2C1C. The van der Waals surface area contributed by atoms with Gasteiger partial charge in [-0.25, -0.2) is 9.48 Å². The second-order valence-electron chi connectivity index (χ2n) is 3.73. The summed E-state index contributed by atoms with van der Waals surface area (Å²) >= 11 is 0. The highest BCUT2D eigenvalue weighted by molar-refractivity contribution is 5.91. The van der Waals surface area contributed by atoms with Crippen molar-refractivity contribution >= 4 is 11.9 Å². The molecule has 1 aromatic heterocycles. The fourth-order valence-corrected chi connectivity index (χ4v) is 1.83. The number of nitrogens with zero attached hydrogens (tertiary/aromatic N) is 3. The molecule has 2 rings (SSSR count). The van der Waals surface area contributed by atoms with Crippen LogP contribution in [0.15, 0.2) is 17.8 Å².